The van der Waals surface area contributed by atoms with E-state index in [1.54, 1.807) is 0 Å². The van der Waals surface area contributed by atoms with Gasteiger partial charge in [-0.05, 0) is 89.9 Å². The lowest BCUT2D eigenvalue weighted by Crippen LogP contribution is -2.59. The molecule has 1 heterocycles. The van der Waals surface area contributed by atoms with Crippen molar-refractivity contribution in [3.05, 3.63) is 97.2 Å². The lowest BCUT2D eigenvalue weighted by atomic mass is 9.99. The van der Waals surface area contributed by atoms with E-state index in [0.29, 0.717) is 13.0 Å². The highest BCUT2D eigenvalue weighted by Crippen LogP contribution is 2.22. The number of carbonyl (C=O) groups excluding carboxylic acids is 1. The molecule has 0 aromatic heterocycles. The van der Waals surface area contributed by atoms with Gasteiger partial charge in [-0.15, -0.1) is 0 Å². The van der Waals surface area contributed by atoms with Crippen molar-refractivity contribution in [2.45, 2.75) is 192 Å². The van der Waals surface area contributed by atoms with Crippen LogP contribution in [0.15, 0.2) is 97.2 Å². The molecule has 6 atom stereocenters. The van der Waals surface area contributed by atoms with Crippen LogP contribution in [0.2, 0.25) is 0 Å². The summed E-state index contributed by atoms with van der Waals surface area (Å²) in [4.78, 5) is 12.8. The number of carbonyl (C=O) groups is 1. The van der Waals surface area contributed by atoms with Gasteiger partial charge < -0.3 is 39.4 Å². The first-order valence-corrected chi connectivity index (χ1v) is 23.3. The fraction of sp³-hybridized carbons (Fsp3) is 0.667. The number of ether oxygens (including phenoxy) is 4. The number of esters is 1. The fourth-order valence-electron chi connectivity index (χ4n) is 6.36. The molecule has 1 aliphatic rings. The maximum Gasteiger partial charge on any atom is 0.306 e. The highest BCUT2D eigenvalue weighted by molar-refractivity contribution is 5.69. The third-order valence-electron chi connectivity index (χ3n) is 9.98. The maximum absolute atomic E-state index is 12.8. The van der Waals surface area contributed by atoms with Crippen molar-refractivity contribution < 1.29 is 44.2 Å². The van der Waals surface area contributed by atoms with Crippen LogP contribution in [0.5, 0.6) is 0 Å². The van der Waals surface area contributed by atoms with Crippen molar-refractivity contribution in [2.24, 2.45) is 0 Å². The van der Waals surface area contributed by atoms with Gasteiger partial charge in [-0.3, -0.25) is 4.79 Å². The van der Waals surface area contributed by atoms with Gasteiger partial charge in [0.05, 0.1) is 19.8 Å². The molecule has 9 heteroatoms. The number of allylic oxidation sites excluding steroid dienone is 16. The average Bonchev–Trinajstić information content (AvgIpc) is 3.25. The molecule has 0 aromatic rings. The molecule has 4 N–H and O–H groups in total. The number of aliphatic hydroxyl groups excluding tert-OH is 4. The fourth-order valence-corrected chi connectivity index (χ4v) is 6.36. The van der Waals surface area contributed by atoms with Gasteiger partial charge in [0.1, 0.15) is 30.5 Å². The number of unbranched alkanes of at least 4 members (excludes halogenated alkanes) is 11. The standard InChI is InChI=1S/C51H84O9/c1-3-5-7-9-11-13-15-17-19-21-22-23-25-27-29-31-33-35-37-39-41-57-43-45(44-58-51-50(56)49(55)48(54)46(42-52)60-51)59-47(53)40-38-36-34-32-30-28-26-24-20-18-16-14-12-10-8-6-4-2/h6,8,11-14,17-20,22-23,26,28,32,34,45-46,48-52,54-56H,3-5,7,9-10,15-16,21,24-25,27,29-31,33,35-44H2,1-2H3/b8-6-,13-11-,14-12-,19-17-,20-18-,23-22-,28-26-,34-32-. The van der Waals surface area contributed by atoms with Crippen LogP contribution in [-0.2, 0) is 23.7 Å². The molecule has 1 saturated heterocycles. The Kier molecular flexibility index (Phi) is 38.1. The summed E-state index contributed by atoms with van der Waals surface area (Å²) in [5.74, 6) is -0.378. The van der Waals surface area contributed by atoms with Gasteiger partial charge >= 0.3 is 5.97 Å². The largest absolute Gasteiger partial charge is 0.457 e. The van der Waals surface area contributed by atoms with Gasteiger partial charge in [-0.1, -0.05) is 156 Å². The molecule has 0 bridgehead atoms. The molecule has 0 spiro atoms. The van der Waals surface area contributed by atoms with E-state index < -0.39 is 43.4 Å². The summed E-state index contributed by atoms with van der Waals surface area (Å²) in [6, 6.07) is 0. The average molecular weight is 841 g/mol. The van der Waals surface area contributed by atoms with Crippen LogP contribution in [0.3, 0.4) is 0 Å². The van der Waals surface area contributed by atoms with Crippen LogP contribution in [0.4, 0.5) is 0 Å². The Labute approximate surface area is 364 Å². The zero-order chi connectivity index (χ0) is 43.6. The predicted molar refractivity (Wildman–Crippen MR) is 246 cm³/mol. The smallest absolute Gasteiger partial charge is 0.306 e. The second kappa shape index (κ2) is 41.5. The molecule has 60 heavy (non-hydrogen) atoms. The predicted octanol–water partition coefficient (Wildman–Crippen LogP) is 10.8. The Morgan fingerprint density at radius 2 is 1.02 bits per heavy atom. The summed E-state index contributed by atoms with van der Waals surface area (Å²) < 4.78 is 22.8. The third kappa shape index (κ3) is 31.9. The van der Waals surface area contributed by atoms with Gasteiger partial charge in [-0.25, -0.2) is 0 Å². The lowest BCUT2D eigenvalue weighted by molar-refractivity contribution is -0.305. The Hall–Kier alpha value is -2.89. The molecule has 0 aliphatic carbocycles. The van der Waals surface area contributed by atoms with Crippen molar-refractivity contribution in [2.75, 3.05) is 26.4 Å². The quantitative estimate of drug-likeness (QED) is 0.0272. The highest BCUT2D eigenvalue weighted by atomic mass is 16.7. The maximum atomic E-state index is 12.8. The summed E-state index contributed by atoms with van der Waals surface area (Å²) in [5, 5.41) is 40.1. The molecule has 0 amide bonds. The van der Waals surface area contributed by atoms with Crippen LogP contribution in [0, 0.1) is 0 Å². The van der Waals surface area contributed by atoms with E-state index in [-0.39, 0.29) is 25.6 Å². The summed E-state index contributed by atoms with van der Waals surface area (Å²) in [5.41, 5.74) is 0. The van der Waals surface area contributed by atoms with Gasteiger partial charge in [0.15, 0.2) is 6.29 Å². The van der Waals surface area contributed by atoms with Crippen molar-refractivity contribution >= 4 is 5.97 Å². The number of hydrogen-bond acceptors (Lipinski definition) is 9. The van der Waals surface area contributed by atoms with Crippen molar-refractivity contribution in [3.63, 3.8) is 0 Å². The molecular weight excluding hydrogens is 757 g/mol. The molecule has 1 fully saturated rings. The summed E-state index contributed by atoms with van der Waals surface area (Å²) in [6.45, 7) is 4.30. The number of rotatable bonds is 38. The van der Waals surface area contributed by atoms with E-state index in [2.05, 4.69) is 111 Å². The number of aliphatic hydroxyl groups is 4. The highest BCUT2D eigenvalue weighted by Gasteiger charge is 2.44. The molecule has 0 saturated carbocycles. The first-order chi connectivity index (χ1) is 29.4. The lowest BCUT2D eigenvalue weighted by Gasteiger charge is -2.39. The molecule has 342 valence electrons. The summed E-state index contributed by atoms with van der Waals surface area (Å²) >= 11 is 0. The third-order valence-corrected chi connectivity index (χ3v) is 9.98. The van der Waals surface area contributed by atoms with Gasteiger partial charge in [0.25, 0.3) is 0 Å². The SMILES string of the molecule is CC/C=C\C/C=C\C/C=C\C/C=C\C/C=C\CCCC(=O)OC(COCCCCCCCCC/C=C\C/C=C\C/C=C\CCCCC)COC1OC(CO)C(O)C(O)C1O. The van der Waals surface area contributed by atoms with E-state index >= 15 is 0 Å². The minimum absolute atomic E-state index is 0.109. The van der Waals surface area contributed by atoms with Gasteiger partial charge in [0.2, 0.25) is 0 Å². The molecule has 9 nitrogen and oxygen atoms in total. The van der Waals surface area contributed by atoms with Crippen LogP contribution in [0.1, 0.15) is 155 Å². The topological polar surface area (TPSA) is 135 Å². The van der Waals surface area contributed by atoms with Crippen LogP contribution in [-0.4, -0.2) is 89.6 Å². The molecular formula is C51H84O9. The summed E-state index contributed by atoms with van der Waals surface area (Å²) in [6.07, 6.45) is 50.1. The van der Waals surface area contributed by atoms with Gasteiger partial charge in [0, 0.05) is 13.0 Å². The normalized spacial score (nSPS) is 20.9. The van der Waals surface area contributed by atoms with E-state index in [1.807, 2.05) is 0 Å². The van der Waals surface area contributed by atoms with E-state index in [0.717, 1.165) is 77.0 Å². The molecule has 1 rings (SSSR count). The Bertz CT molecular complexity index is 1230. The zero-order valence-corrected chi connectivity index (χ0v) is 37.4. The zero-order valence-electron chi connectivity index (χ0n) is 37.4. The second-order valence-electron chi connectivity index (χ2n) is 15.5. The van der Waals surface area contributed by atoms with Crippen molar-refractivity contribution in [3.8, 4) is 0 Å². The van der Waals surface area contributed by atoms with Crippen LogP contribution < -0.4 is 0 Å². The molecule has 0 radical (unpaired) electrons. The summed E-state index contributed by atoms with van der Waals surface area (Å²) in [7, 11) is 0. The Balaban J connectivity index is 2.31. The Morgan fingerprint density at radius 1 is 0.550 bits per heavy atom. The minimum atomic E-state index is -1.55. The molecule has 1 aliphatic heterocycles. The monoisotopic (exact) mass is 841 g/mol. The van der Waals surface area contributed by atoms with E-state index in [9.17, 15) is 25.2 Å². The molecule has 6 unspecified atom stereocenters. The minimum Gasteiger partial charge on any atom is -0.457 e. The second-order valence-corrected chi connectivity index (χ2v) is 15.5. The molecule has 0 aromatic carbocycles. The Morgan fingerprint density at radius 3 is 1.53 bits per heavy atom. The first kappa shape index (κ1) is 55.1. The van der Waals surface area contributed by atoms with E-state index in [4.69, 9.17) is 18.9 Å². The number of hydrogen-bond donors (Lipinski definition) is 4. The van der Waals surface area contributed by atoms with Crippen LogP contribution >= 0.6 is 0 Å². The van der Waals surface area contributed by atoms with Gasteiger partial charge in [-0.2, -0.15) is 0 Å². The van der Waals surface area contributed by atoms with Crippen molar-refractivity contribution in [1.82, 2.24) is 0 Å². The van der Waals surface area contributed by atoms with E-state index in [1.165, 1.54) is 51.4 Å². The van der Waals surface area contributed by atoms with Crippen molar-refractivity contribution in [1.29, 1.82) is 0 Å². The first-order valence-electron chi connectivity index (χ1n) is 23.3. The van der Waals surface area contributed by atoms with Crippen LogP contribution in [0.25, 0.3) is 0 Å².